The van der Waals surface area contributed by atoms with Crippen LogP contribution in [0, 0.1) is 10.1 Å². The van der Waals surface area contributed by atoms with Crippen LogP contribution in [0.15, 0.2) is 82.7 Å². The summed E-state index contributed by atoms with van der Waals surface area (Å²) in [5.41, 5.74) is 1.49. The van der Waals surface area contributed by atoms with Gasteiger partial charge in [-0.05, 0) is 29.8 Å². The van der Waals surface area contributed by atoms with Gasteiger partial charge in [0.2, 0.25) is 0 Å². The van der Waals surface area contributed by atoms with Crippen LogP contribution in [0.4, 0.5) is 5.69 Å². The second-order valence-corrected chi connectivity index (χ2v) is 5.78. The Labute approximate surface area is 147 Å². The summed E-state index contributed by atoms with van der Waals surface area (Å²) in [5, 5.41) is 11.4. The van der Waals surface area contributed by atoms with Crippen LogP contribution >= 0.6 is 0 Å². The Bertz CT molecular complexity index is 1130. The van der Waals surface area contributed by atoms with Gasteiger partial charge in [0, 0.05) is 24.5 Å². The maximum atomic E-state index is 13.0. The van der Waals surface area contributed by atoms with Gasteiger partial charge in [0.05, 0.1) is 28.2 Å². The van der Waals surface area contributed by atoms with Crippen molar-refractivity contribution in [2.45, 2.75) is 6.04 Å². The third-order valence-electron chi connectivity index (χ3n) is 4.24. The lowest BCUT2D eigenvalue weighted by molar-refractivity contribution is -0.384. The van der Waals surface area contributed by atoms with Crippen LogP contribution in [0.3, 0.4) is 0 Å². The highest BCUT2D eigenvalue weighted by Gasteiger charge is 2.22. The average Bonchev–Trinajstić information content (AvgIpc) is 3.19. The first-order valence-electron chi connectivity index (χ1n) is 7.87. The first-order valence-corrected chi connectivity index (χ1v) is 7.87. The highest BCUT2D eigenvalue weighted by Crippen LogP contribution is 2.27. The Morgan fingerprint density at radius 3 is 2.58 bits per heavy atom. The van der Waals surface area contributed by atoms with Crippen molar-refractivity contribution in [3.63, 3.8) is 0 Å². The molecule has 1 atom stereocenters. The minimum absolute atomic E-state index is 0.0105. The number of fused-ring (bicyclic) bond motifs is 1. The molecule has 0 N–H and O–H groups in total. The number of nitrogens with zero attached hydrogens (tertiary/aromatic N) is 3. The number of hydrogen-bond donors (Lipinski definition) is 0. The highest BCUT2D eigenvalue weighted by atomic mass is 16.6. The van der Waals surface area contributed by atoms with Crippen LogP contribution in [0.25, 0.3) is 11.0 Å². The summed E-state index contributed by atoms with van der Waals surface area (Å²) in [7, 11) is 0. The van der Waals surface area contributed by atoms with Gasteiger partial charge in [-0.2, -0.15) is 0 Å². The molecule has 7 nitrogen and oxygen atoms in total. The minimum atomic E-state index is -0.501. The lowest BCUT2D eigenvalue weighted by Crippen LogP contribution is -2.19. The smallest absolute Gasteiger partial charge is 0.269 e. The standard InChI is InChI=1S/C19H13N3O4/c23-19-15-3-1-2-4-17(15)26-11-16(19)18(21-10-9-20-12-21)13-5-7-14(8-6-13)22(24)25/h1-12,18H/t18-/m0/s1. The maximum absolute atomic E-state index is 13.0. The summed E-state index contributed by atoms with van der Waals surface area (Å²) in [5.74, 6) is 0. The molecule has 0 radical (unpaired) electrons. The van der Waals surface area contributed by atoms with Crippen molar-refractivity contribution in [2.75, 3.05) is 0 Å². The molecule has 4 aromatic rings. The Morgan fingerprint density at radius 2 is 1.88 bits per heavy atom. The number of aromatic nitrogens is 2. The number of rotatable bonds is 4. The summed E-state index contributed by atoms with van der Waals surface area (Å²) < 4.78 is 7.41. The van der Waals surface area contributed by atoms with Crippen LogP contribution in [0.2, 0.25) is 0 Å². The zero-order chi connectivity index (χ0) is 18.1. The van der Waals surface area contributed by atoms with Gasteiger partial charge in [0.1, 0.15) is 11.8 Å². The Balaban J connectivity index is 1.91. The monoisotopic (exact) mass is 347 g/mol. The number of benzene rings is 2. The molecule has 0 saturated carbocycles. The number of hydrogen-bond acceptors (Lipinski definition) is 5. The Morgan fingerprint density at radius 1 is 1.12 bits per heavy atom. The van der Waals surface area contributed by atoms with Gasteiger partial charge in [0.25, 0.3) is 5.69 Å². The second-order valence-electron chi connectivity index (χ2n) is 5.78. The third kappa shape index (κ3) is 2.65. The molecule has 26 heavy (non-hydrogen) atoms. The molecule has 0 fully saturated rings. The lowest BCUT2D eigenvalue weighted by Gasteiger charge is -2.18. The summed E-state index contributed by atoms with van der Waals surface area (Å²) in [6.07, 6.45) is 6.39. The van der Waals surface area contributed by atoms with Gasteiger partial charge < -0.3 is 8.98 Å². The minimum Gasteiger partial charge on any atom is -0.464 e. The molecule has 7 heteroatoms. The molecule has 0 saturated heterocycles. The molecule has 128 valence electrons. The van der Waals surface area contributed by atoms with Gasteiger partial charge in [-0.15, -0.1) is 0 Å². The zero-order valence-corrected chi connectivity index (χ0v) is 13.5. The van der Waals surface area contributed by atoms with E-state index in [4.69, 9.17) is 4.42 Å². The largest absolute Gasteiger partial charge is 0.464 e. The van der Waals surface area contributed by atoms with Crippen molar-refractivity contribution in [1.82, 2.24) is 9.55 Å². The topological polar surface area (TPSA) is 91.2 Å². The van der Waals surface area contributed by atoms with Gasteiger partial charge in [-0.1, -0.05) is 12.1 Å². The summed E-state index contributed by atoms with van der Waals surface area (Å²) >= 11 is 0. The second kappa shape index (κ2) is 6.29. The first-order chi connectivity index (χ1) is 12.6. The molecule has 0 aliphatic rings. The third-order valence-corrected chi connectivity index (χ3v) is 4.24. The van der Waals surface area contributed by atoms with Crippen LogP contribution in [-0.2, 0) is 0 Å². The van der Waals surface area contributed by atoms with Crippen molar-refractivity contribution in [3.8, 4) is 0 Å². The summed E-state index contributed by atoms with van der Waals surface area (Å²) in [6, 6.07) is 12.6. The van der Waals surface area contributed by atoms with Crippen molar-refractivity contribution < 1.29 is 9.34 Å². The predicted molar refractivity (Wildman–Crippen MR) is 95.0 cm³/mol. The lowest BCUT2D eigenvalue weighted by atomic mass is 9.98. The van der Waals surface area contributed by atoms with Gasteiger partial charge >= 0.3 is 0 Å². The van der Waals surface area contributed by atoms with E-state index in [0.29, 0.717) is 16.5 Å². The Hall–Kier alpha value is -3.74. The van der Waals surface area contributed by atoms with Crippen molar-refractivity contribution in [3.05, 3.63) is 105 Å². The zero-order valence-electron chi connectivity index (χ0n) is 13.5. The maximum Gasteiger partial charge on any atom is 0.269 e. The van der Waals surface area contributed by atoms with Gasteiger partial charge in [-0.3, -0.25) is 14.9 Å². The first kappa shape index (κ1) is 15.8. The number of nitro benzene ring substituents is 1. The molecule has 0 aliphatic carbocycles. The van der Waals surface area contributed by atoms with E-state index in [1.165, 1.54) is 18.4 Å². The fourth-order valence-electron chi connectivity index (χ4n) is 2.99. The van der Waals surface area contributed by atoms with Crippen molar-refractivity contribution in [2.24, 2.45) is 0 Å². The fraction of sp³-hybridized carbons (Fsp3) is 0.0526. The van der Waals surface area contributed by atoms with E-state index < -0.39 is 11.0 Å². The van der Waals surface area contributed by atoms with E-state index >= 15 is 0 Å². The van der Waals surface area contributed by atoms with E-state index in [-0.39, 0.29) is 11.1 Å². The van der Waals surface area contributed by atoms with Gasteiger partial charge in [-0.25, -0.2) is 4.98 Å². The van der Waals surface area contributed by atoms with Crippen molar-refractivity contribution in [1.29, 1.82) is 0 Å². The fourth-order valence-corrected chi connectivity index (χ4v) is 2.99. The molecule has 2 aromatic heterocycles. The number of imidazole rings is 1. The van der Waals surface area contributed by atoms with Crippen LogP contribution < -0.4 is 5.43 Å². The molecular formula is C19H13N3O4. The predicted octanol–water partition coefficient (Wildman–Crippen LogP) is 3.54. The molecule has 0 bridgehead atoms. The van der Waals surface area contributed by atoms with Gasteiger partial charge in [0.15, 0.2) is 5.43 Å². The Kier molecular flexibility index (Phi) is 3.81. The summed E-state index contributed by atoms with van der Waals surface area (Å²) in [6.45, 7) is 0. The molecule has 2 heterocycles. The molecule has 0 spiro atoms. The molecule has 0 amide bonds. The van der Waals surface area contributed by atoms with E-state index in [2.05, 4.69) is 4.98 Å². The number of nitro groups is 1. The van der Waals surface area contributed by atoms with Crippen molar-refractivity contribution >= 4 is 16.7 Å². The van der Waals surface area contributed by atoms with Crippen LogP contribution in [0.5, 0.6) is 0 Å². The highest BCUT2D eigenvalue weighted by molar-refractivity contribution is 5.76. The molecular weight excluding hydrogens is 334 g/mol. The molecule has 2 aromatic carbocycles. The van der Waals surface area contributed by atoms with Crippen LogP contribution in [-0.4, -0.2) is 14.5 Å². The number of para-hydroxylation sites is 1. The molecule has 0 unspecified atom stereocenters. The van der Waals surface area contributed by atoms with E-state index in [0.717, 1.165) is 5.56 Å². The molecule has 4 rings (SSSR count). The molecule has 0 aliphatic heterocycles. The van der Waals surface area contributed by atoms with E-state index in [1.807, 2.05) is 0 Å². The average molecular weight is 347 g/mol. The van der Waals surface area contributed by atoms with Crippen LogP contribution in [0.1, 0.15) is 17.2 Å². The summed E-state index contributed by atoms with van der Waals surface area (Å²) in [4.78, 5) is 27.5. The quantitative estimate of drug-likeness (QED) is 0.416. The SMILES string of the molecule is O=c1c([C@H](c2ccc([N+](=O)[O-])cc2)n2ccnc2)coc2ccccc12. The van der Waals surface area contributed by atoms with E-state index in [1.54, 1.807) is 59.7 Å². The van der Waals surface area contributed by atoms with E-state index in [9.17, 15) is 14.9 Å². The normalized spacial score (nSPS) is 12.2. The number of non-ortho nitro benzene ring substituents is 1.